The Morgan fingerprint density at radius 2 is 2.00 bits per heavy atom. The SMILES string of the molecule is CC(Nc1nc(C2CC2)ns1)c1nc(-c2ccc(Br)cc2)cs1. The van der Waals surface area contributed by atoms with Crippen molar-refractivity contribution in [3.05, 3.63) is 45.0 Å². The minimum Gasteiger partial charge on any atom is -0.351 e. The lowest BCUT2D eigenvalue weighted by molar-refractivity contribution is 0.863. The quantitative estimate of drug-likeness (QED) is 0.609. The highest BCUT2D eigenvalue weighted by Crippen LogP contribution is 2.39. The molecule has 1 aliphatic rings. The van der Waals surface area contributed by atoms with Gasteiger partial charge in [-0.25, -0.2) is 9.97 Å². The molecule has 1 fully saturated rings. The van der Waals surface area contributed by atoms with E-state index in [1.165, 1.54) is 24.4 Å². The van der Waals surface area contributed by atoms with Crippen molar-refractivity contribution in [2.45, 2.75) is 31.7 Å². The number of nitrogens with zero attached hydrogens (tertiary/aromatic N) is 3. The zero-order valence-electron chi connectivity index (χ0n) is 12.5. The Labute approximate surface area is 151 Å². The molecule has 0 amide bonds. The second-order valence-corrected chi connectivity index (χ2v) is 8.23. The van der Waals surface area contributed by atoms with Gasteiger partial charge in [0.05, 0.1) is 11.7 Å². The highest BCUT2D eigenvalue weighted by atomic mass is 79.9. The maximum Gasteiger partial charge on any atom is 0.203 e. The van der Waals surface area contributed by atoms with E-state index in [0.29, 0.717) is 5.92 Å². The molecule has 0 aliphatic heterocycles. The second-order valence-electron chi connectivity index (χ2n) is 5.68. The van der Waals surface area contributed by atoms with Gasteiger partial charge in [0, 0.05) is 32.9 Å². The molecule has 1 unspecified atom stereocenters. The standard InChI is InChI=1S/C16H15BrN4S2/c1-9(18-16-20-14(21-23-16)11-2-3-11)15-19-13(8-22-15)10-4-6-12(17)7-5-10/h4-9,11H,2-3H2,1H3,(H,18,20,21). The van der Waals surface area contributed by atoms with Gasteiger partial charge in [-0.2, -0.15) is 4.37 Å². The summed E-state index contributed by atoms with van der Waals surface area (Å²) in [6.07, 6.45) is 2.46. The third-order valence-electron chi connectivity index (χ3n) is 3.76. The molecule has 0 radical (unpaired) electrons. The molecule has 2 aromatic heterocycles. The third kappa shape index (κ3) is 3.46. The average Bonchev–Trinajstić information content (AvgIpc) is 3.10. The van der Waals surface area contributed by atoms with Crippen molar-refractivity contribution >= 4 is 43.9 Å². The molecule has 2 heterocycles. The van der Waals surface area contributed by atoms with E-state index in [-0.39, 0.29) is 6.04 Å². The van der Waals surface area contributed by atoms with Crippen molar-refractivity contribution in [2.75, 3.05) is 5.32 Å². The van der Waals surface area contributed by atoms with Crippen LogP contribution in [0.1, 0.15) is 42.6 Å². The highest BCUT2D eigenvalue weighted by molar-refractivity contribution is 9.10. The van der Waals surface area contributed by atoms with Crippen molar-refractivity contribution in [1.29, 1.82) is 0 Å². The molecule has 7 heteroatoms. The Balaban J connectivity index is 1.47. The van der Waals surface area contributed by atoms with E-state index in [4.69, 9.17) is 4.98 Å². The molecular formula is C16H15BrN4S2. The summed E-state index contributed by atoms with van der Waals surface area (Å²) in [6.45, 7) is 2.11. The molecule has 118 valence electrons. The molecule has 1 N–H and O–H groups in total. The van der Waals surface area contributed by atoms with E-state index in [2.05, 4.69) is 55.0 Å². The van der Waals surface area contributed by atoms with Gasteiger partial charge in [0.25, 0.3) is 0 Å². The van der Waals surface area contributed by atoms with Crippen LogP contribution >= 0.6 is 38.8 Å². The van der Waals surface area contributed by atoms with Gasteiger partial charge in [-0.05, 0) is 31.9 Å². The van der Waals surface area contributed by atoms with Gasteiger partial charge >= 0.3 is 0 Å². The van der Waals surface area contributed by atoms with E-state index >= 15 is 0 Å². The largest absolute Gasteiger partial charge is 0.351 e. The molecule has 3 aromatic rings. The normalized spacial score (nSPS) is 15.6. The van der Waals surface area contributed by atoms with Gasteiger partial charge in [-0.3, -0.25) is 0 Å². The summed E-state index contributed by atoms with van der Waals surface area (Å²) >= 11 is 6.58. The first-order chi connectivity index (χ1) is 11.2. The van der Waals surface area contributed by atoms with Crippen LogP contribution in [0.2, 0.25) is 0 Å². The first kappa shape index (κ1) is 15.2. The summed E-state index contributed by atoms with van der Waals surface area (Å²) in [7, 11) is 0. The fourth-order valence-corrected chi connectivity index (χ4v) is 4.12. The van der Waals surface area contributed by atoms with Gasteiger partial charge in [0.2, 0.25) is 5.13 Å². The highest BCUT2D eigenvalue weighted by Gasteiger charge is 2.28. The van der Waals surface area contributed by atoms with E-state index in [9.17, 15) is 0 Å². The molecule has 23 heavy (non-hydrogen) atoms. The third-order valence-corrected chi connectivity index (χ3v) is 5.97. The smallest absolute Gasteiger partial charge is 0.203 e. The van der Waals surface area contributed by atoms with Crippen LogP contribution < -0.4 is 5.32 Å². The Morgan fingerprint density at radius 3 is 2.74 bits per heavy atom. The molecule has 1 aliphatic carbocycles. The fraction of sp³-hybridized carbons (Fsp3) is 0.312. The van der Waals surface area contributed by atoms with Crippen molar-refractivity contribution in [3.8, 4) is 11.3 Å². The summed E-state index contributed by atoms with van der Waals surface area (Å²) in [6, 6.07) is 8.36. The van der Waals surface area contributed by atoms with Crippen LogP contribution in [0, 0.1) is 0 Å². The minimum atomic E-state index is 0.129. The maximum absolute atomic E-state index is 4.76. The number of nitrogens with one attached hydrogen (secondary N) is 1. The van der Waals surface area contributed by atoms with Crippen LogP contribution in [0.15, 0.2) is 34.1 Å². The van der Waals surface area contributed by atoms with Crippen molar-refractivity contribution < 1.29 is 0 Å². The van der Waals surface area contributed by atoms with Gasteiger partial charge in [-0.1, -0.05) is 28.1 Å². The van der Waals surface area contributed by atoms with E-state index < -0.39 is 0 Å². The monoisotopic (exact) mass is 406 g/mol. The molecular weight excluding hydrogens is 392 g/mol. The number of anilines is 1. The van der Waals surface area contributed by atoms with Gasteiger partial charge < -0.3 is 5.32 Å². The van der Waals surface area contributed by atoms with Crippen molar-refractivity contribution in [1.82, 2.24) is 14.3 Å². The summed E-state index contributed by atoms with van der Waals surface area (Å²) < 4.78 is 5.51. The van der Waals surface area contributed by atoms with E-state index in [0.717, 1.165) is 31.7 Å². The average molecular weight is 407 g/mol. The number of aromatic nitrogens is 3. The lowest BCUT2D eigenvalue weighted by Crippen LogP contribution is -2.06. The molecule has 1 saturated carbocycles. The number of benzene rings is 1. The fourth-order valence-electron chi connectivity index (χ4n) is 2.29. The number of thiazole rings is 1. The number of rotatable bonds is 5. The number of hydrogen-bond donors (Lipinski definition) is 1. The summed E-state index contributed by atoms with van der Waals surface area (Å²) in [5.74, 6) is 1.60. The Hall–Kier alpha value is -1.31. The predicted molar refractivity (Wildman–Crippen MR) is 99.2 cm³/mol. The lowest BCUT2D eigenvalue weighted by atomic mass is 10.2. The molecule has 1 atom stereocenters. The minimum absolute atomic E-state index is 0.129. The Bertz CT molecular complexity index is 808. The van der Waals surface area contributed by atoms with Gasteiger partial charge in [-0.15, -0.1) is 11.3 Å². The molecule has 4 rings (SSSR count). The van der Waals surface area contributed by atoms with Crippen molar-refractivity contribution in [3.63, 3.8) is 0 Å². The van der Waals surface area contributed by atoms with Gasteiger partial charge in [0.1, 0.15) is 10.8 Å². The molecule has 4 nitrogen and oxygen atoms in total. The Kier molecular flexibility index (Phi) is 4.17. The predicted octanol–water partition coefficient (Wildman–Crippen LogP) is 5.47. The molecule has 0 spiro atoms. The van der Waals surface area contributed by atoms with E-state index in [1.54, 1.807) is 11.3 Å². The number of halogens is 1. The first-order valence-corrected chi connectivity index (χ1v) is 9.95. The van der Waals surface area contributed by atoms with Crippen LogP contribution in [0.3, 0.4) is 0 Å². The zero-order chi connectivity index (χ0) is 15.8. The first-order valence-electron chi connectivity index (χ1n) is 7.50. The number of hydrogen-bond acceptors (Lipinski definition) is 6. The zero-order valence-corrected chi connectivity index (χ0v) is 15.7. The molecule has 0 saturated heterocycles. The van der Waals surface area contributed by atoms with E-state index in [1.807, 2.05) is 12.1 Å². The maximum atomic E-state index is 4.76. The summed E-state index contributed by atoms with van der Waals surface area (Å²) in [5, 5.41) is 7.47. The molecule has 1 aromatic carbocycles. The van der Waals surface area contributed by atoms with Crippen molar-refractivity contribution in [2.24, 2.45) is 0 Å². The van der Waals surface area contributed by atoms with Crippen LogP contribution in [0.5, 0.6) is 0 Å². The van der Waals surface area contributed by atoms with Crippen LogP contribution in [0.4, 0.5) is 5.13 Å². The van der Waals surface area contributed by atoms with Crippen LogP contribution in [0.25, 0.3) is 11.3 Å². The van der Waals surface area contributed by atoms with Gasteiger partial charge in [0.15, 0.2) is 0 Å². The summed E-state index contributed by atoms with van der Waals surface area (Å²) in [5.41, 5.74) is 2.15. The Morgan fingerprint density at radius 1 is 1.22 bits per heavy atom. The second kappa shape index (κ2) is 6.30. The lowest BCUT2D eigenvalue weighted by Gasteiger charge is -2.08. The topological polar surface area (TPSA) is 50.7 Å². The molecule has 0 bridgehead atoms. The summed E-state index contributed by atoms with van der Waals surface area (Å²) in [4.78, 5) is 9.34. The van der Waals surface area contributed by atoms with Crippen LogP contribution in [-0.4, -0.2) is 14.3 Å². The van der Waals surface area contributed by atoms with Crippen LogP contribution in [-0.2, 0) is 0 Å².